The minimum Gasteiger partial charge on any atom is -0.508 e. The molecule has 0 saturated heterocycles. The fourth-order valence-corrected chi connectivity index (χ4v) is 1.60. The Morgan fingerprint density at radius 1 is 1.20 bits per heavy atom. The molecule has 0 aromatic heterocycles. The number of phenols is 1. The number of aromatic hydroxyl groups is 1. The molecule has 1 atom stereocenters. The van der Waals surface area contributed by atoms with Gasteiger partial charge in [0.2, 0.25) is 0 Å². The smallest absolute Gasteiger partial charge is 0.508 e. The molecule has 1 rings (SSSR count). The Balaban J connectivity index is 0.00000196. The van der Waals surface area contributed by atoms with E-state index in [1.54, 1.807) is 12.1 Å². The van der Waals surface area contributed by atoms with Crippen molar-refractivity contribution >= 4 is 0 Å². The third-order valence-corrected chi connectivity index (χ3v) is 2.22. The third kappa shape index (κ3) is 6.08. The monoisotopic (exact) mass is 230 g/mol. The van der Waals surface area contributed by atoms with E-state index in [-0.39, 0.29) is 51.4 Å². The van der Waals surface area contributed by atoms with Crippen LogP contribution in [-0.2, 0) is 0 Å². The topological polar surface area (TPSA) is 20.2 Å². The summed E-state index contributed by atoms with van der Waals surface area (Å²) in [5.41, 5.74) is 1.49. The number of benzene rings is 1. The summed E-state index contributed by atoms with van der Waals surface area (Å²) in [6.07, 6.45) is 1.05. The first-order chi connectivity index (χ1) is 6.38. The van der Waals surface area contributed by atoms with E-state index in [2.05, 4.69) is 27.7 Å². The molecule has 0 aliphatic rings. The number of rotatable bonds is 2. The average molecular weight is 230 g/mol. The van der Waals surface area contributed by atoms with Crippen LogP contribution in [-0.4, -0.2) is 5.11 Å². The van der Waals surface area contributed by atoms with Crippen molar-refractivity contribution in [1.82, 2.24) is 0 Å². The predicted octanol–water partition coefficient (Wildman–Crippen LogP) is 0.750. The van der Waals surface area contributed by atoms with Crippen molar-refractivity contribution in [2.45, 2.75) is 33.1 Å². The van der Waals surface area contributed by atoms with E-state index >= 15 is 0 Å². The molecule has 0 amide bonds. The SMILES string of the molecule is [CH2-]C(CC(C)(C)C)c1ccc(O)cc1.[K+]. The van der Waals surface area contributed by atoms with Gasteiger partial charge >= 0.3 is 51.4 Å². The standard InChI is InChI=1S/C13H19O.K/c1-10(9-13(2,3)4)11-5-7-12(14)8-6-11;/h5-8,10,14H,1,9H2,2-4H3;/q-1;+1. The predicted molar refractivity (Wildman–Crippen MR) is 60.3 cm³/mol. The van der Waals surface area contributed by atoms with E-state index in [1.807, 2.05) is 12.1 Å². The van der Waals surface area contributed by atoms with E-state index in [0.29, 0.717) is 17.1 Å². The summed E-state index contributed by atoms with van der Waals surface area (Å²) in [6.45, 7) is 10.8. The Kier molecular flexibility index (Phi) is 6.69. The second-order valence-electron chi connectivity index (χ2n) is 5.05. The molecule has 2 heteroatoms. The first-order valence-electron chi connectivity index (χ1n) is 5.00. The fourth-order valence-electron chi connectivity index (χ4n) is 1.60. The minimum atomic E-state index is 0. The van der Waals surface area contributed by atoms with Crippen LogP contribution >= 0.6 is 0 Å². The van der Waals surface area contributed by atoms with Crippen LogP contribution in [0.25, 0.3) is 0 Å². The molecule has 15 heavy (non-hydrogen) atoms. The first-order valence-corrected chi connectivity index (χ1v) is 5.00. The maximum absolute atomic E-state index is 9.15. The van der Waals surface area contributed by atoms with Gasteiger partial charge in [-0.15, -0.1) is 5.92 Å². The van der Waals surface area contributed by atoms with Crippen molar-refractivity contribution in [2.24, 2.45) is 5.41 Å². The van der Waals surface area contributed by atoms with Crippen molar-refractivity contribution in [3.05, 3.63) is 36.8 Å². The van der Waals surface area contributed by atoms with Crippen LogP contribution in [0.3, 0.4) is 0 Å². The Labute approximate surface area is 136 Å². The first kappa shape index (κ1) is 15.7. The summed E-state index contributed by atoms with van der Waals surface area (Å²) >= 11 is 0. The van der Waals surface area contributed by atoms with Gasteiger partial charge in [-0.1, -0.05) is 44.9 Å². The minimum absolute atomic E-state index is 0. The van der Waals surface area contributed by atoms with Gasteiger partial charge in [-0.2, -0.15) is 0 Å². The van der Waals surface area contributed by atoms with Crippen LogP contribution in [0.5, 0.6) is 5.75 Å². The van der Waals surface area contributed by atoms with Gasteiger partial charge < -0.3 is 12.0 Å². The zero-order chi connectivity index (χ0) is 10.8. The zero-order valence-corrected chi connectivity index (χ0v) is 13.4. The molecule has 1 nitrogen and oxygen atoms in total. The second-order valence-corrected chi connectivity index (χ2v) is 5.05. The number of phenolic OH excluding ortho intramolecular Hbond substituents is 1. The molecule has 0 bridgehead atoms. The summed E-state index contributed by atoms with van der Waals surface area (Å²) in [6, 6.07) is 7.32. The molecule has 78 valence electrons. The third-order valence-electron chi connectivity index (χ3n) is 2.22. The Morgan fingerprint density at radius 2 is 1.67 bits per heavy atom. The molecule has 0 fully saturated rings. The molecule has 0 aliphatic carbocycles. The molecule has 1 aromatic rings. The largest absolute Gasteiger partial charge is 1.00 e. The van der Waals surface area contributed by atoms with Gasteiger partial charge in [0.05, 0.1) is 0 Å². The van der Waals surface area contributed by atoms with Crippen LogP contribution in [0.4, 0.5) is 0 Å². The van der Waals surface area contributed by atoms with E-state index < -0.39 is 0 Å². The van der Waals surface area contributed by atoms with Gasteiger partial charge in [0.1, 0.15) is 5.75 Å². The van der Waals surface area contributed by atoms with E-state index in [9.17, 15) is 0 Å². The molecule has 0 saturated carbocycles. The quantitative estimate of drug-likeness (QED) is 0.587. The molecule has 1 unspecified atom stereocenters. The number of hydrogen-bond donors (Lipinski definition) is 1. The Bertz CT molecular complexity index is 284. The maximum Gasteiger partial charge on any atom is 1.00 e. The van der Waals surface area contributed by atoms with Crippen LogP contribution in [0.15, 0.2) is 24.3 Å². The summed E-state index contributed by atoms with van der Waals surface area (Å²) in [5.74, 6) is 0.618. The Hall–Kier alpha value is 0.656. The van der Waals surface area contributed by atoms with Crippen molar-refractivity contribution in [3.63, 3.8) is 0 Å². The average Bonchev–Trinajstić information content (AvgIpc) is 2.02. The second kappa shape index (κ2) is 6.41. The Morgan fingerprint density at radius 3 is 2.07 bits per heavy atom. The molecule has 0 spiro atoms. The van der Waals surface area contributed by atoms with Crippen LogP contribution < -0.4 is 51.4 Å². The fraction of sp³-hybridized carbons (Fsp3) is 0.462. The maximum atomic E-state index is 9.15. The number of hydrogen-bond acceptors (Lipinski definition) is 1. The van der Waals surface area contributed by atoms with Gasteiger partial charge in [0.25, 0.3) is 0 Å². The van der Waals surface area contributed by atoms with Crippen LogP contribution in [0.2, 0.25) is 0 Å². The van der Waals surface area contributed by atoms with Gasteiger partial charge in [-0.25, -0.2) is 0 Å². The van der Waals surface area contributed by atoms with Gasteiger partial charge in [-0.05, 0) is 17.5 Å². The van der Waals surface area contributed by atoms with Gasteiger partial charge in [0, 0.05) is 0 Å². The molecule has 0 heterocycles. The summed E-state index contributed by atoms with van der Waals surface area (Å²) < 4.78 is 0. The molecule has 0 radical (unpaired) electrons. The van der Waals surface area contributed by atoms with Crippen LogP contribution in [0.1, 0.15) is 38.7 Å². The van der Waals surface area contributed by atoms with Crippen molar-refractivity contribution in [2.75, 3.05) is 0 Å². The van der Waals surface area contributed by atoms with Crippen molar-refractivity contribution in [1.29, 1.82) is 0 Å². The normalized spacial score (nSPS) is 13.1. The summed E-state index contributed by atoms with van der Waals surface area (Å²) in [7, 11) is 0. The van der Waals surface area contributed by atoms with E-state index in [4.69, 9.17) is 5.11 Å². The van der Waals surface area contributed by atoms with Crippen LogP contribution in [0, 0.1) is 12.3 Å². The molecule has 0 aliphatic heterocycles. The summed E-state index contributed by atoms with van der Waals surface area (Å²) in [4.78, 5) is 0. The van der Waals surface area contributed by atoms with E-state index in [1.165, 1.54) is 5.56 Å². The summed E-state index contributed by atoms with van der Waals surface area (Å²) in [5, 5.41) is 9.15. The van der Waals surface area contributed by atoms with Crippen molar-refractivity contribution in [3.8, 4) is 5.75 Å². The van der Waals surface area contributed by atoms with Crippen molar-refractivity contribution < 1.29 is 56.5 Å². The van der Waals surface area contributed by atoms with Gasteiger partial charge in [0.15, 0.2) is 0 Å². The molecule has 1 aromatic carbocycles. The molecular weight excluding hydrogens is 211 g/mol. The van der Waals surface area contributed by atoms with E-state index in [0.717, 1.165) is 6.42 Å². The molecule has 1 N–H and O–H groups in total. The van der Waals surface area contributed by atoms with Gasteiger partial charge in [-0.3, -0.25) is 0 Å². The zero-order valence-electron chi connectivity index (χ0n) is 10.2. The molecular formula is C13H19KO.